The Balaban J connectivity index is 1.64. The van der Waals surface area contributed by atoms with E-state index in [-0.39, 0.29) is 5.91 Å². The van der Waals surface area contributed by atoms with Gasteiger partial charge in [0.2, 0.25) is 0 Å². The van der Waals surface area contributed by atoms with Crippen LogP contribution in [0.1, 0.15) is 34.6 Å². The molecule has 0 spiro atoms. The third-order valence-corrected chi connectivity index (χ3v) is 3.72. The molecule has 3 rings (SSSR count). The minimum Gasteiger partial charge on any atom is -0.472 e. The lowest BCUT2D eigenvalue weighted by Gasteiger charge is -2.28. The number of carbonyl (C=O) groups excluding carboxylic acids is 1. The van der Waals surface area contributed by atoms with Crippen molar-refractivity contribution in [1.29, 1.82) is 0 Å². The fourth-order valence-electron chi connectivity index (χ4n) is 2.56. The van der Waals surface area contributed by atoms with E-state index in [1.807, 2.05) is 30.0 Å². The molecular formula is C17H18N2O2. The van der Waals surface area contributed by atoms with Crippen molar-refractivity contribution >= 4 is 12.0 Å². The molecule has 0 radical (unpaired) electrons. The largest absolute Gasteiger partial charge is 0.472 e. The van der Waals surface area contributed by atoms with Gasteiger partial charge in [0.15, 0.2) is 0 Å². The summed E-state index contributed by atoms with van der Waals surface area (Å²) in [5, 5.41) is 0. The summed E-state index contributed by atoms with van der Waals surface area (Å²) in [5.74, 6) is 0.0523. The van der Waals surface area contributed by atoms with Crippen LogP contribution in [0.5, 0.6) is 0 Å². The van der Waals surface area contributed by atoms with E-state index in [0.717, 1.165) is 37.3 Å². The smallest absolute Gasteiger partial charge is 0.257 e. The Kier molecular flexibility index (Phi) is 3.86. The number of likely N-dealkylation sites (tertiary alicyclic amines) is 1. The number of rotatable bonds is 2. The van der Waals surface area contributed by atoms with Crippen LogP contribution in [-0.4, -0.2) is 28.9 Å². The summed E-state index contributed by atoms with van der Waals surface area (Å²) >= 11 is 0. The van der Waals surface area contributed by atoms with Crippen LogP contribution in [0.15, 0.2) is 46.8 Å². The van der Waals surface area contributed by atoms with Crippen molar-refractivity contribution in [3.63, 3.8) is 0 Å². The molecule has 0 aromatic carbocycles. The quantitative estimate of drug-likeness (QED) is 0.849. The van der Waals surface area contributed by atoms with E-state index < -0.39 is 0 Å². The van der Waals surface area contributed by atoms with Crippen molar-refractivity contribution < 1.29 is 9.21 Å². The highest BCUT2D eigenvalue weighted by atomic mass is 16.3. The number of nitrogens with zero attached hydrogens (tertiary/aromatic N) is 2. The molecule has 0 saturated carbocycles. The van der Waals surface area contributed by atoms with Crippen molar-refractivity contribution in [2.45, 2.75) is 19.8 Å². The lowest BCUT2D eigenvalue weighted by Crippen LogP contribution is -2.36. The second-order valence-corrected chi connectivity index (χ2v) is 5.31. The molecule has 1 fully saturated rings. The number of furan rings is 1. The van der Waals surface area contributed by atoms with E-state index in [1.165, 1.54) is 18.1 Å². The van der Waals surface area contributed by atoms with Gasteiger partial charge in [0.25, 0.3) is 5.91 Å². The monoisotopic (exact) mass is 282 g/mol. The molecule has 21 heavy (non-hydrogen) atoms. The molecule has 3 heterocycles. The standard InChI is InChI=1S/C17H18N2O2/c1-13-3-2-4-16(18-13)11-14-5-8-19(9-6-14)17(20)15-7-10-21-12-15/h2-4,7,10-12H,5-6,8-9H2,1H3. The average Bonchev–Trinajstić information content (AvgIpc) is 3.01. The Bertz CT molecular complexity index is 649. The molecule has 0 N–H and O–H groups in total. The van der Waals surface area contributed by atoms with Gasteiger partial charge in [-0.3, -0.25) is 9.78 Å². The highest BCUT2D eigenvalue weighted by Crippen LogP contribution is 2.20. The molecule has 0 aliphatic carbocycles. The van der Waals surface area contributed by atoms with Crippen molar-refractivity contribution in [2.75, 3.05) is 13.1 Å². The summed E-state index contributed by atoms with van der Waals surface area (Å²) in [6.45, 7) is 3.50. The van der Waals surface area contributed by atoms with Crippen LogP contribution in [-0.2, 0) is 0 Å². The van der Waals surface area contributed by atoms with Gasteiger partial charge < -0.3 is 9.32 Å². The van der Waals surface area contributed by atoms with Gasteiger partial charge in [-0.25, -0.2) is 0 Å². The molecule has 0 unspecified atom stereocenters. The number of hydrogen-bond donors (Lipinski definition) is 0. The molecule has 0 bridgehead atoms. The summed E-state index contributed by atoms with van der Waals surface area (Å²) in [6, 6.07) is 7.74. The fourth-order valence-corrected chi connectivity index (χ4v) is 2.56. The molecule has 2 aromatic rings. The van der Waals surface area contributed by atoms with Gasteiger partial charge in [-0.15, -0.1) is 0 Å². The highest BCUT2D eigenvalue weighted by molar-refractivity contribution is 5.93. The first-order valence-electron chi connectivity index (χ1n) is 7.17. The van der Waals surface area contributed by atoms with Crippen molar-refractivity contribution in [2.24, 2.45) is 0 Å². The number of aryl methyl sites for hydroxylation is 1. The first-order valence-corrected chi connectivity index (χ1v) is 7.17. The third-order valence-electron chi connectivity index (χ3n) is 3.72. The van der Waals surface area contributed by atoms with E-state index in [1.54, 1.807) is 6.07 Å². The summed E-state index contributed by atoms with van der Waals surface area (Å²) in [5.41, 5.74) is 4.00. The molecule has 4 nitrogen and oxygen atoms in total. The van der Waals surface area contributed by atoms with Gasteiger partial charge in [-0.2, -0.15) is 0 Å². The summed E-state index contributed by atoms with van der Waals surface area (Å²) < 4.78 is 4.97. The molecule has 1 aliphatic heterocycles. The zero-order valence-electron chi connectivity index (χ0n) is 12.1. The van der Waals surface area contributed by atoms with Crippen LogP contribution >= 0.6 is 0 Å². The van der Waals surface area contributed by atoms with Crippen LogP contribution < -0.4 is 0 Å². The Morgan fingerprint density at radius 2 is 2.10 bits per heavy atom. The lowest BCUT2D eigenvalue weighted by molar-refractivity contribution is 0.0743. The molecule has 2 aromatic heterocycles. The second kappa shape index (κ2) is 5.95. The summed E-state index contributed by atoms with van der Waals surface area (Å²) in [4.78, 5) is 18.6. The Morgan fingerprint density at radius 3 is 2.76 bits per heavy atom. The molecule has 108 valence electrons. The van der Waals surface area contributed by atoms with Crippen LogP contribution in [0.4, 0.5) is 0 Å². The minimum atomic E-state index is 0.0523. The van der Waals surface area contributed by atoms with Crippen molar-refractivity contribution in [1.82, 2.24) is 9.88 Å². The second-order valence-electron chi connectivity index (χ2n) is 5.31. The third kappa shape index (κ3) is 3.21. The number of amides is 1. The zero-order valence-corrected chi connectivity index (χ0v) is 12.1. The number of pyridine rings is 1. The SMILES string of the molecule is Cc1cccc(C=C2CCN(C(=O)c3ccoc3)CC2)n1. The van der Waals surface area contributed by atoms with E-state index in [2.05, 4.69) is 11.1 Å². The van der Waals surface area contributed by atoms with Crippen molar-refractivity contribution in [3.8, 4) is 0 Å². The molecule has 0 atom stereocenters. The normalized spacial score (nSPS) is 15.1. The number of piperidine rings is 1. The predicted octanol–water partition coefficient (Wildman–Crippen LogP) is 3.30. The van der Waals surface area contributed by atoms with Gasteiger partial charge in [0, 0.05) is 18.8 Å². The molecule has 1 saturated heterocycles. The number of carbonyl (C=O) groups is 1. The maximum Gasteiger partial charge on any atom is 0.257 e. The predicted molar refractivity (Wildman–Crippen MR) is 80.8 cm³/mol. The minimum absolute atomic E-state index is 0.0523. The van der Waals surface area contributed by atoms with E-state index >= 15 is 0 Å². The summed E-state index contributed by atoms with van der Waals surface area (Å²) in [6.07, 6.45) is 6.99. The lowest BCUT2D eigenvalue weighted by atomic mass is 10.0. The fraction of sp³-hybridized carbons (Fsp3) is 0.294. The topological polar surface area (TPSA) is 46.3 Å². The zero-order chi connectivity index (χ0) is 14.7. The average molecular weight is 282 g/mol. The maximum absolute atomic E-state index is 12.2. The molecule has 4 heteroatoms. The van der Waals surface area contributed by atoms with Crippen LogP contribution in [0.2, 0.25) is 0 Å². The van der Waals surface area contributed by atoms with Gasteiger partial charge in [0.05, 0.1) is 17.5 Å². The van der Waals surface area contributed by atoms with Crippen LogP contribution in [0, 0.1) is 6.92 Å². The Labute approximate surface area is 124 Å². The molecule has 1 aliphatic rings. The van der Waals surface area contributed by atoms with Crippen molar-refractivity contribution in [3.05, 3.63) is 59.3 Å². The van der Waals surface area contributed by atoms with Gasteiger partial charge in [-0.1, -0.05) is 11.6 Å². The van der Waals surface area contributed by atoms with E-state index in [4.69, 9.17) is 4.42 Å². The number of aromatic nitrogens is 1. The summed E-state index contributed by atoms with van der Waals surface area (Å²) in [7, 11) is 0. The van der Waals surface area contributed by atoms with Crippen LogP contribution in [0.3, 0.4) is 0 Å². The first kappa shape index (κ1) is 13.6. The van der Waals surface area contributed by atoms with Gasteiger partial charge in [0.1, 0.15) is 6.26 Å². The molecule has 1 amide bonds. The first-order chi connectivity index (χ1) is 10.2. The maximum atomic E-state index is 12.2. The van der Waals surface area contributed by atoms with E-state index in [9.17, 15) is 4.79 Å². The van der Waals surface area contributed by atoms with E-state index in [0.29, 0.717) is 5.56 Å². The molecular weight excluding hydrogens is 264 g/mol. The van der Waals surface area contributed by atoms with Gasteiger partial charge >= 0.3 is 0 Å². The van der Waals surface area contributed by atoms with Crippen LogP contribution in [0.25, 0.3) is 6.08 Å². The Morgan fingerprint density at radius 1 is 1.29 bits per heavy atom. The van der Waals surface area contributed by atoms with Gasteiger partial charge in [-0.05, 0) is 44.0 Å². The number of hydrogen-bond acceptors (Lipinski definition) is 3. The highest BCUT2D eigenvalue weighted by Gasteiger charge is 2.20. The Hall–Kier alpha value is -2.36.